The highest BCUT2D eigenvalue weighted by Gasteiger charge is 2.16. The molecule has 0 aliphatic carbocycles. The van der Waals surface area contributed by atoms with E-state index in [-0.39, 0.29) is 0 Å². The lowest BCUT2D eigenvalue weighted by Gasteiger charge is -2.26. The second kappa shape index (κ2) is 5.39. The summed E-state index contributed by atoms with van der Waals surface area (Å²) in [5, 5.41) is 4.43. The fraction of sp³-hybridized carbons (Fsp3) is 0.500. The molecule has 1 aliphatic heterocycles. The Bertz CT molecular complexity index is 342. The molecule has 2 rings (SSSR count). The van der Waals surface area contributed by atoms with Crippen molar-refractivity contribution in [1.29, 1.82) is 0 Å². The first kappa shape index (κ1) is 11.5. The maximum absolute atomic E-state index is 6.04. The summed E-state index contributed by atoms with van der Waals surface area (Å²) in [6, 6.07) is 1.70. The third-order valence-electron chi connectivity index (χ3n) is 2.37. The van der Waals surface area contributed by atoms with Crippen LogP contribution in [0.3, 0.4) is 0 Å². The minimum Gasteiger partial charge on any atom is -0.316 e. The van der Waals surface area contributed by atoms with Crippen molar-refractivity contribution in [3.05, 3.63) is 28.0 Å². The van der Waals surface area contributed by atoms with Crippen LogP contribution in [0, 0.1) is 5.92 Å². The maximum atomic E-state index is 6.04. The molecule has 82 valence electrons. The monoisotopic (exact) mass is 262 g/mol. The zero-order valence-electron chi connectivity index (χ0n) is 8.17. The van der Waals surface area contributed by atoms with Gasteiger partial charge in [-0.15, -0.1) is 0 Å². The predicted molar refractivity (Wildman–Crippen MR) is 66.8 cm³/mol. The smallest absolute Gasteiger partial charge is 0.130 e. The molecule has 2 heterocycles. The van der Waals surface area contributed by atoms with Gasteiger partial charge in [0.1, 0.15) is 5.15 Å². The van der Waals surface area contributed by atoms with Crippen LogP contribution in [0.2, 0.25) is 10.2 Å². The lowest BCUT2D eigenvalue weighted by Crippen LogP contribution is -2.43. The molecule has 0 saturated carbocycles. The lowest BCUT2D eigenvalue weighted by molar-refractivity contribution is 0.385. The molecule has 2 nitrogen and oxygen atoms in total. The fourth-order valence-electron chi connectivity index (χ4n) is 1.34. The molecule has 1 saturated heterocycles. The van der Waals surface area contributed by atoms with Gasteiger partial charge in [-0.2, -0.15) is 11.8 Å². The Morgan fingerprint density at radius 2 is 2.27 bits per heavy atom. The van der Waals surface area contributed by atoms with Crippen molar-refractivity contribution in [2.45, 2.75) is 5.75 Å². The van der Waals surface area contributed by atoms with Crippen LogP contribution in [-0.2, 0) is 5.75 Å². The first-order chi connectivity index (χ1) is 7.25. The van der Waals surface area contributed by atoms with Crippen molar-refractivity contribution in [3.63, 3.8) is 0 Å². The Labute approximate surface area is 104 Å². The van der Waals surface area contributed by atoms with Gasteiger partial charge in [0.25, 0.3) is 0 Å². The van der Waals surface area contributed by atoms with Crippen LogP contribution >= 0.6 is 35.0 Å². The number of halogens is 2. The molecule has 5 heteroatoms. The summed E-state index contributed by atoms with van der Waals surface area (Å²) in [7, 11) is 0. The normalized spacial score (nSPS) is 16.4. The number of nitrogens with one attached hydrogen (secondary N) is 1. The summed E-state index contributed by atoms with van der Waals surface area (Å²) in [5.41, 5.74) is 1.07. The van der Waals surface area contributed by atoms with Gasteiger partial charge in [0.15, 0.2) is 0 Å². The number of hydrogen-bond acceptors (Lipinski definition) is 3. The van der Waals surface area contributed by atoms with E-state index in [4.69, 9.17) is 23.2 Å². The van der Waals surface area contributed by atoms with Gasteiger partial charge in [0, 0.05) is 17.0 Å². The van der Waals surface area contributed by atoms with E-state index in [1.165, 1.54) is 5.75 Å². The highest BCUT2D eigenvalue weighted by molar-refractivity contribution is 7.98. The quantitative estimate of drug-likeness (QED) is 0.845. The van der Waals surface area contributed by atoms with E-state index < -0.39 is 0 Å². The van der Waals surface area contributed by atoms with Gasteiger partial charge in [-0.1, -0.05) is 23.2 Å². The molecule has 0 amide bonds. The summed E-state index contributed by atoms with van der Waals surface area (Å²) in [4.78, 5) is 4.03. The summed E-state index contributed by atoms with van der Waals surface area (Å²) in [6.45, 7) is 2.30. The first-order valence-electron chi connectivity index (χ1n) is 4.84. The highest BCUT2D eigenvalue weighted by atomic mass is 35.5. The van der Waals surface area contributed by atoms with Gasteiger partial charge >= 0.3 is 0 Å². The average Bonchev–Trinajstić information content (AvgIpc) is 2.12. The minimum atomic E-state index is 0.456. The van der Waals surface area contributed by atoms with Crippen molar-refractivity contribution < 1.29 is 0 Å². The van der Waals surface area contributed by atoms with Gasteiger partial charge in [0.2, 0.25) is 0 Å². The molecule has 0 atom stereocenters. The molecule has 1 aliphatic rings. The fourth-order valence-corrected chi connectivity index (χ4v) is 2.99. The number of hydrogen-bond donors (Lipinski definition) is 1. The van der Waals surface area contributed by atoms with Crippen molar-refractivity contribution in [2.75, 3.05) is 18.8 Å². The van der Waals surface area contributed by atoms with Crippen molar-refractivity contribution >= 4 is 35.0 Å². The van der Waals surface area contributed by atoms with Gasteiger partial charge in [-0.05, 0) is 36.4 Å². The molecule has 1 fully saturated rings. The van der Waals surface area contributed by atoms with Crippen molar-refractivity contribution in [3.8, 4) is 0 Å². The Balaban J connectivity index is 1.81. The zero-order chi connectivity index (χ0) is 10.7. The molecular formula is C10H12Cl2N2S. The molecule has 0 aromatic carbocycles. The van der Waals surface area contributed by atoms with Crippen LogP contribution in [0.25, 0.3) is 0 Å². The minimum absolute atomic E-state index is 0.456. The van der Waals surface area contributed by atoms with E-state index in [2.05, 4.69) is 10.3 Å². The second-order valence-corrected chi connectivity index (χ2v) is 5.46. The first-order valence-corrected chi connectivity index (χ1v) is 6.75. The number of nitrogens with zero attached hydrogens (tertiary/aromatic N) is 1. The molecule has 15 heavy (non-hydrogen) atoms. The van der Waals surface area contributed by atoms with Crippen LogP contribution in [0.15, 0.2) is 12.3 Å². The Morgan fingerprint density at radius 1 is 1.47 bits per heavy atom. The topological polar surface area (TPSA) is 24.9 Å². The van der Waals surface area contributed by atoms with Crippen LogP contribution in [-0.4, -0.2) is 23.8 Å². The molecule has 0 spiro atoms. The van der Waals surface area contributed by atoms with Gasteiger partial charge < -0.3 is 5.32 Å². The number of thioether (sulfide) groups is 1. The Kier molecular flexibility index (Phi) is 4.14. The van der Waals surface area contributed by atoms with Crippen molar-refractivity contribution in [2.24, 2.45) is 5.92 Å². The Hall–Kier alpha value is 0.0400. The molecule has 0 radical (unpaired) electrons. The summed E-state index contributed by atoms with van der Waals surface area (Å²) in [6.07, 6.45) is 1.76. The molecule has 1 N–H and O–H groups in total. The third kappa shape index (κ3) is 3.25. The number of pyridine rings is 1. The summed E-state index contributed by atoms with van der Waals surface area (Å²) >= 11 is 13.7. The van der Waals surface area contributed by atoms with E-state index in [1.54, 1.807) is 12.3 Å². The van der Waals surface area contributed by atoms with Crippen LogP contribution in [0.5, 0.6) is 0 Å². The van der Waals surface area contributed by atoms with Gasteiger partial charge in [-0.3, -0.25) is 0 Å². The molecule has 1 aromatic rings. The van der Waals surface area contributed by atoms with E-state index >= 15 is 0 Å². The number of aromatic nitrogens is 1. The maximum Gasteiger partial charge on any atom is 0.130 e. The molecule has 0 bridgehead atoms. The highest BCUT2D eigenvalue weighted by Crippen LogP contribution is 2.24. The van der Waals surface area contributed by atoms with Gasteiger partial charge in [-0.25, -0.2) is 4.98 Å². The van der Waals surface area contributed by atoms with Crippen LogP contribution in [0.1, 0.15) is 5.56 Å². The molecular weight excluding hydrogens is 251 g/mol. The Morgan fingerprint density at radius 3 is 2.87 bits per heavy atom. The van der Waals surface area contributed by atoms with Crippen molar-refractivity contribution in [1.82, 2.24) is 10.3 Å². The second-order valence-electron chi connectivity index (χ2n) is 3.64. The van der Waals surface area contributed by atoms with E-state index in [9.17, 15) is 0 Å². The SMILES string of the molecule is Clc1cc(Cl)c(CSCC2CNC2)cn1. The zero-order valence-corrected chi connectivity index (χ0v) is 10.5. The lowest BCUT2D eigenvalue weighted by atomic mass is 10.1. The average molecular weight is 263 g/mol. The molecule has 1 aromatic heterocycles. The summed E-state index contributed by atoms with van der Waals surface area (Å²) < 4.78 is 0. The summed E-state index contributed by atoms with van der Waals surface area (Å²) in [5.74, 6) is 2.93. The number of rotatable bonds is 4. The van der Waals surface area contributed by atoms with E-state index in [0.29, 0.717) is 10.2 Å². The standard InChI is InChI=1S/C10H12Cl2N2S/c11-9-1-10(12)14-4-8(9)6-15-5-7-2-13-3-7/h1,4,7,13H,2-3,5-6H2. The van der Waals surface area contributed by atoms with E-state index in [0.717, 1.165) is 30.3 Å². The third-order valence-corrected chi connectivity index (χ3v) is 4.15. The van der Waals surface area contributed by atoms with Crippen LogP contribution < -0.4 is 5.32 Å². The van der Waals surface area contributed by atoms with Gasteiger partial charge in [0.05, 0.1) is 0 Å². The van der Waals surface area contributed by atoms with E-state index in [1.807, 2.05) is 11.8 Å². The molecule has 0 unspecified atom stereocenters. The predicted octanol–water partition coefficient (Wildman–Crippen LogP) is 2.84. The van der Waals surface area contributed by atoms with Crippen LogP contribution in [0.4, 0.5) is 0 Å². The largest absolute Gasteiger partial charge is 0.316 e.